The van der Waals surface area contributed by atoms with Crippen molar-refractivity contribution in [3.8, 4) is 0 Å². The van der Waals surface area contributed by atoms with E-state index in [0.29, 0.717) is 22.4 Å². The van der Waals surface area contributed by atoms with Crippen molar-refractivity contribution < 1.29 is 33.7 Å². The molecule has 0 aliphatic rings. The topological polar surface area (TPSA) is 231 Å². The maximum absolute atomic E-state index is 11.4. The third-order valence-electron chi connectivity index (χ3n) is 6.03. The molecule has 1 atom stereocenters. The van der Waals surface area contributed by atoms with Crippen LogP contribution in [0.2, 0.25) is 10.0 Å². The third kappa shape index (κ3) is 12.6. The van der Waals surface area contributed by atoms with Crippen LogP contribution in [0.15, 0.2) is 69.7 Å². The normalized spacial score (nSPS) is 12.0. The van der Waals surface area contributed by atoms with Crippen LogP contribution in [0.4, 0.5) is 10.6 Å². The van der Waals surface area contributed by atoms with Crippen LogP contribution in [0.3, 0.4) is 0 Å². The Bertz CT molecular complexity index is 1730. The summed E-state index contributed by atoms with van der Waals surface area (Å²) in [6.45, 7) is 4.08. The molecule has 15 nitrogen and oxygen atoms in total. The Morgan fingerprint density at radius 3 is 2.32 bits per heavy atom. The van der Waals surface area contributed by atoms with Crippen LogP contribution >= 0.6 is 42.6 Å². The zero-order valence-corrected chi connectivity index (χ0v) is 28.5. The number of amides is 1. The summed E-state index contributed by atoms with van der Waals surface area (Å²) in [6.07, 6.45) is 2.24. The molecule has 0 aliphatic heterocycles. The average Bonchev–Trinajstić information content (AvgIpc) is 3.31. The molecule has 254 valence electrons. The van der Waals surface area contributed by atoms with E-state index in [-0.39, 0.29) is 24.9 Å². The van der Waals surface area contributed by atoms with E-state index in [4.69, 9.17) is 64.0 Å². The first-order valence-corrected chi connectivity index (χ1v) is 17.2. The second-order valence-electron chi connectivity index (χ2n) is 10.2. The number of pyridine rings is 1. The van der Waals surface area contributed by atoms with Crippen molar-refractivity contribution in [2.75, 3.05) is 18.7 Å². The molecule has 3 aromatic heterocycles. The maximum Gasteiger partial charge on any atom is 0.404 e. The van der Waals surface area contributed by atoms with Crippen LogP contribution in [0, 0.1) is 0 Å². The van der Waals surface area contributed by atoms with Gasteiger partial charge in [0.25, 0.3) is 0 Å². The maximum atomic E-state index is 11.4. The monoisotopic (exact) mass is 729 g/mol. The Balaban J connectivity index is 0.000000287. The first-order chi connectivity index (χ1) is 22.1. The van der Waals surface area contributed by atoms with E-state index in [1.807, 2.05) is 28.8 Å². The first-order valence-electron chi connectivity index (χ1n) is 13.8. The largest absolute Gasteiger partial charge is 0.442 e. The van der Waals surface area contributed by atoms with Gasteiger partial charge in [-0.3, -0.25) is 14.1 Å². The molecule has 1 amide bonds. The van der Waals surface area contributed by atoms with Crippen molar-refractivity contribution in [3.63, 3.8) is 0 Å². The highest BCUT2D eigenvalue weighted by Crippen LogP contribution is 2.38. The van der Waals surface area contributed by atoms with E-state index in [9.17, 15) is 14.2 Å². The number of hydrogen-bond donors (Lipinski definition) is 5. The summed E-state index contributed by atoms with van der Waals surface area (Å²) >= 11 is 13.9. The molecule has 19 heteroatoms. The molecule has 0 aliphatic carbocycles. The van der Waals surface area contributed by atoms with Crippen molar-refractivity contribution in [2.45, 2.75) is 55.5 Å². The molecular weight excluding hydrogens is 696 g/mol. The Hall–Kier alpha value is -3.47. The van der Waals surface area contributed by atoms with Crippen molar-refractivity contribution in [3.05, 3.63) is 92.6 Å². The smallest absolute Gasteiger partial charge is 0.404 e. The van der Waals surface area contributed by atoms with Crippen LogP contribution < -0.4 is 17.2 Å². The lowest BCUT2D eigenvalue weighted by molar-refractivity contribution is 0.0188. The van der Waals surface area contributed by atoms with Crippen molar-refractivity contribution in [1.82, 2.24) is 24.1 Å². The number of aliphatic hydroxyl groups excluding tert-OH is 1. The molecule has 0 saturated carbocycles. The molecular formula is C28H34Cl2N7O8PS. The number of nitrogens with two attached hydrogens (primary N) is 2. The number of nitrogen functional groups attached to an aromatic ring is 1. The highest BCUT2D eigenvalue weighted by atomic mass is 35.5. The number of anilines is 1. The second-order valence-corrected chi connectivity index (χ2v) is 13.7. The number of aromatic nitrogens is 5. The fraction of sp³-hybridized carbons (Fsp3) is 0.321. The number of ether oxygens (including phenoxy) is 2. The minimum Gasteiger partial charge on any atom is -0.442 e. The average molecular weight is 731 g/mol. The number of hydrogen-bond acceptors (Lipinski definition) is 11. The molecule has 0 bridgehead atoms. The minimum atomic E-state index is -4.31. The number of imidazole rings is 1. The lowest BCUT2D eigenvalue weighted by Gasteiger charge is -2.16. The molecule has 0 fully saturated rings. The van der Waals surface area contributed by atoms with Gasteiger partial charge in [-0.05, 0) is 47.9 Å². The Morgan fingerprint density at radius 1 is 1.11 bits per heavy atom. The van der Waals surface area contributed by atoms with Gasteiger partial charge in [0.15, 0.2) is 6.61 Å². The summed E-state index contributed by atoms with van der Waals surface area (Å²) in [6, 6.07) is 10.6. The Morgan fingerprint density at radius 2 is 1.77 bits per heavy atom. The van der Waals surface area contributed by atoms with Crippen molar-refractivity contribution in [2.24, 2.45) is 5.73 Å². The molecule has 0 radical (unpaired) electrons. The lowest BCUT2D eigenvalue weighted by Crippen LogP contribution is -2.32. The van der Waals surface area contributed by atoms with Crippen molar-refractivity contribution >= 4 is 54.5 Å². The van der Waals surface area contributed by atoms with Gasteiger partial charge in [0.05, 0.1) is 31.5 Å². The summed E-state index contributed by atoms with van der Waals surface area (Å²) in [5.41, 5.74) is 11.8. The molecule has 1 aromatic carbocycles. The van der Waals surface area contributed by atoms with Gasteiger partial charge >= 0.3 is 19.4 Å². The van der Waals surface area contributed by atoms with Gasteiger partial charge in [0.1, 0.15) is 23.0 Å². The Kier molecular flexibility index (Phi) is 14.2. The van der Waals surface area contributed by atoms with Gasteiger partial charge in [-0.1, -0.05) is 48.8 Å². The van der Waals surface area contributed by atoms with Gasteiger partial charge in [0.2, 0.25) is 0 Å². The van der Waals surface area contributed by atoms with E-state index >= 15 is 0 Å². The van der Waals surface area contributed by atoms with Gasteiger partial charge in [-0.25, -0.2) is 14.6 Å². The number of primary amides is 1. The molecule has 47 heavy (non-hydrogen) atoms. The highest BCUT2D eigenvalue weighted by Gasteiger charge is 2.22. The van der Waals surface area contributed by atoms with E-state index in [0.717, 1.165) is 25.7 Å². The molecule has 4 aromatic rings. The number of rotatable bonds is 13. The third-order valence-corrected chi connectivity index (χ3v) is 8.05. The summed E-state index contributed by atoms with van der Waals surface area (Å²) in [5.74, 6) is 0.825. The van der Waals surface area contributed by atoms with E-state index in [2.05, 4.69) is 23.8 Å². The van der Waals surface area contributed by atoms with E-state index in [1.165, 1.54) is 24.0 Å². The van der Waals surface area contributed by atoms with E-state index in [1.54, 1.807) is 18.5 Å². The zero-order valence-electron chi connectivity index (χ0n) is 25.3. The summed E-state index contributed by atoms with van der Waals surface area (Å²) in [7, 11) is -4.31. The molecule has 0 unspecified atom stereocenters. The fourth-order valence-electron chi connectivity index (χ4n) is 3.93. The van der Waals surface area contributed by atoms with Gasteiger partial charge < -0.3 is 40.4 Å². The summed E-state index contributed by atoms with van der Waals surface area (Å²) < 4.78 is 23.6. The quantitative estimate of drug-likeness (QED) is 0.123. The summed E-state index contributed by atoms with van der Waals surface area (Å²) in [5, 5.41) is 11.0. The van der Waals surface area contributed by atoms with Crippen molar-refractivity contribution in [1.29, 1.82) is 0 Å². The van der Waals surface area contributed by atoms with Gasteiger partial charge in [-0.15, -0.1) is 0 Å². The molecule has 3 heterocycles. The number of halogens is 2. The molecule has 7 N–H and O–H groups in total. The standard InChI is InChI=1S/C20H20Cl2N4O2S.C8H14N3O6P/c1-12(2)18-19(29-16-8-14(21)7-15(22)9-16)26(10-13-3-5-24-6-4-13)17(25-18)11-28-20(23)27;9-7-1-2-11(8(13)10-7)3-6(4-12)17-5-18(14,15)16/h3-9,12H,10-11H2,1-2H3,(H2,23,27);1-2,6,12H,3-5H2,(H2,9,10,13)(H2,14,15,16)/t;6-/m.0/s1. The van der Waals surface area contributed by atoms with Crippen LogP contribution in [0.25, 0.3) is 0 Å². The van der Waals surface area contributed by atoms with Gasteiger partial charge in [0, 0.05) is 33.5 Å². The number of carbonyl (C=O) groups excluding carboxylic acids is 1. The SMILES string of the molecule is CC(C)c1nc(COC(N)=O)n(Cc2ccncc2)c1Sc1cc(Cl)cc(Cl)c1.Nc1ccn(C[C@@H](CO)OCP(=O)(O)O)c(=O)n1. The zero-order chi connectivity index (χ0) is 34.7. The van der Waals surface area contributed by atoms with Crippen LogP contribution in [0.1, 0.15) is 36.8 Å². The molecule has 4 rings (SSSR count). The summed E-state index contributed by atoms with van der Waals surface area (Å²) in [4.78, 5) is 52.9. The van der Waals surface area contributed by atoms with Gasteiger partial charge in [-0.2, -0.15) is 4.98 Å². The predicted octanol–water partition coefficient (Wildman–Crippen LogP) is 3.84. The number of carbonyl (C=O) groups is 1. The number of aliphatic hydroxyl groups is 1. The highest BCUT2D eigenvalue weighted by molar-refractivity contribution is 7.99. The van der Waals surface area contributed by atoms with E-state index < -0.39 is 38.4 Å². The second kappa shape index (κ2) is 17.6. The van der Waals surface area contributed by atoms with Crippen LogP contribution in [-0.2, 0) is 33.7 Å². The number of nitrogens with zero attached hydrogens (tertiary/aromatic N) is 5. The predicted molar refractivity (Wildman–Crippen MR) is 176 cm³/mol. The van der Waals surface area contributed by atoms with Crippen LogP contribution in [-0.4, -0.2) is 64.1 Å². The first kappa shape index (κ1) is 38.0. The molecule has 0 saturated heterocycles. The number of benzene rings is 1. The fourth-order valence-corrected chi connectivity index (χ4v) is 6.25. The molecule has 0 spiro atoms. The lowest BCUT2D eigenvalue weighted by atomic mass is 10.1. The Labute approximate surface area is 284 Å². The van der Waals surface area contributed by atoms with Crippen LogP contribution in [0.5, 0.6) is 0 Å². The minimum absolute atomic E-state index is 0.0169.